The lowest BCUT2D eigenvalue weighted by Gasteiger charge is -2.21. The molecule has 3 nitrogen and oxygen atoms in total. The second kappa shape index (κ2) is 8.67. The maximum absolute atomic E-state index is 12.4. The Kier molecular flexibility index (Phi) is 6.59. The van der Waals surface area contributed by atoms with Crippen LogP contribution in [0.15, 0.2) is 54.6 Å². The minimum atomic E-state index is -0.00666. The summed E-state index contributed by atoms with van der Waals surface area (Å²) in [4.78, 5) is 16.7. The van der Waals surface area contributed by atoms with E-state index in [1.54, 1.807) is 12.2 Å². The number of allylic oxidation sites excluding steroid dienone is 1. The molecule has 0 N–H and O–H groups in total. The van der Waals surface area contributed by atoms with Gasteiger partial charge in [0.25, 0.3) is 0 Å². The largest absolute Gasteiger partial charge is 0.373 e. The van der Waals surface area contributed by atoms with Gasteiger partial charge >= 0.3 is 0 Å². The zero-order valence-corrected chi connectivity index (χ0v) is 15.1. The van der Waals surface area contributed by atoms with Gasteiger partial charge in [0, 0.05) is 36.4 Å². The smallest absolute Gasteiger partial charge is 0.185 e. The van der Waals surface area contributed by atoms with Crippen molar-refractivity contribution in [1.82, 2.24) is 4.90 Å². The molecule has 126 valence electrons. The van der Waals surface area contributed by atoms with Gasteiger partial charge in [-0.05, 0) is 50.0 Å². The van der Waals surface area contributed by atoms with Crippen molar-refractivity contribution in [2.75, 3.05) is 39.1 Å². The molecule has 0 aliphatic rings. The topological polar surface area (TPSA) is 23.6 Å². The number of nitrogens with zero attached hydrogens (tertiary/aromatic N) is 2. The summed E-state index contributed by atoms with van der Waals surface area (Å²) < 4.78 is 0. The predicted octanol–water partition coefficient (Wildman–Crippen LogP) is 4.23. The van der Waals surface area contributed by atoms with Crippen molar-refractivity contribution < 1.29 is 4.79 Å². The third kappa shape index (κ3) is 5.52. The highest BCUT2D eigenvalue weighted by Gasteiger charge is 2.06. The molecule has 0 saturated carbocycles. The fraction of sp³-hybridized carbons (Fsp3) is 0.250. The molecule has 0 unspecified atom stereocenters. The molecule has 24 heavy (non-hydrogen) atoms. The van der Waals surface area contributed by atoms with Gasteiger partial charge in [0.15, 0.2) is 5.78 Å². The highest BCUT2D eigenvalue weighted by molar-refractivity contribution is 6.30. The Morgan fingerprint density at radius 2 is 1.75 bits per heavy atom. The van der Waals surface area contributed by atoms with Gasteiger partial charge in [0.1, 0.15) is 0 Å². The van der Waals surface area contributed by atoms with E-state index in [9.17, 15) is 4.79 Å². The second-order valence-corrected chi connectivity index (χ2v) is 6.46. The molecule has 4 heteroatoms. The highest BCUT2D eigenvalue weighted by Crippen LogP contribution is 2.16. The van der Waals surface area contributed by atoms with Crippen molar-refractivity contribution in [3.63, 3.8) is 0 Å². The number of hydrogen-bond donors (Lipinski definition) is 0. The Hall–Kier alpha value is -2.10. The monoisotopic (exact) mass is 342 g/mol. The van der Waals surface area contributed by atoms with Crippen LogP contribution in [0, 0.1) is 0 Å². The van der Waals surface area contributed by atoms with E-state index in [2.05, 4.69) is 23.9 Å². The van der Waals surface area contributed by atoms with Crippen molar-refractivity contribution in [3.8, 4) is 0 Å². The van der Waals surface area contributed by atoms with Gasteiger partial charge in [-0.3, -0.25) is 4.79 Å². The first-order valence-electron chi connectivity index (χ1n) is 7.89. The molecular weight excluding hydrogens is 320 g/mol. The maximum Gasteiger partial charge on any atom is 0.185 e. The van der Waals surface area contributed by atoms with Crippen LogP contribution in [0.25, 0.3) is 6.08 Å². The molecule has 2 aromatic rings. The van der Waals surface area contributed by atoms with E-state index < -0.39 is 0 Å². The zero-order valence-electron chi connectivity index (χ0n) is 14.4. The fourth-order valence-electron chi connectivity index (χ4n) is 2.22. The number of hydrogen-bond acceptors (Lipinski definition) is 3. The summed E-state index contributed by atoms with van der Waals surface area (Å²) >= 11 is 5.86. The summed E-state index contributed by atoms with van der Waals surface area (Å²) in [6, 6.07) is 15.1. The quantitative estimate of drug-likeness (QED) is 0.555. The van der Waals surface area contributed by atoms with Crippen LogP contribution < -0.4 is 4.90 Å². The van der Waals surface area contributed by atoms with E-state index in [0.29, 0.717) is 10.6 Å². The highest BCUT2D eigenvalue weighted by atomic mass is 35.5. The molecule has 0 spiro atoms. The average molecular weight is 343 g/mol. The molecule has 0 aromatic heterocycles. The Morgan fingerprint density at radius 1 is 1.04 bits per heavy atom. The number of carbonyl (C=O) groups is 1. The Labute approximate surface area is 149 Å². The number of anilines is 1. The minimum absolute atomic E-state index is 0.00666. The van der Waals surface area contributed by atoms with Crippen molar-refractivity contribution in [3.05, 3.63) is 70.8 Å². The number of rotatable bonds is 7. The average Bonchev–Trinajstić information content (AvgIpc) is 2.59. The summed E-state index contributed by atoms with van der Waals surface area (Å²) in [5, 5.41) is 0.687. The van der Waals surface area contributed by atoms with Gasteiger partial charge in [-0.25, -0.2) is 0 Å². The van der Waals surface area contributed by atoms with Gasteiger partial charge in [0.05, 0.1) is 0 Å². The molecular formula is C20H23ClN2O. The lowest BCUT2D eigenvalue weighted by molar-refractivity contribution is 0.104. The lowest BCUT2D eigenvalue weighted by atomic mass is 10.1. The van der Waals surface area contributed by atoms with Crippen LogP contribution >= 0.6 is 11.6 Å². The van der Waals surface area contributed by atoms with Gasteiger partial charge in [0.2, 0.25) is 0 Å². The van der Waals surface area contributed by atoms with E-state index in [4.69, 9.17) is 11.6 Å². The lowest BCUT2D eigenvalue weighted by Crippen LogP contribution is -2.28. The summed E-state index contributed by atoms with van der Waals surface area (Å²) in [7, 11) is 6.14. The molecule has 0 amide bonds. The summed E-state index contributed by atoms with van der Waals surface area (Å²) in [5.74, 6) is -0.00666. The summed E-state index contributed by atoms with van der Waals surface area (Å²) in [5.41, 5.74) is 2.68. The molecule has 0 atom stereocenters. The van der Waals surface area contributed by atoms with E-state index in [1.807, 2.05) is 55.6 Å². The molecule has 0 aliphatic heterocycles. The maximum atomic E-state index is 12.4. The van der Waals surface area contributed by atoms with Crippen LogP contribution in [0.3, 0.4) is 0 Å². The molecule has 2 rings (SSSR count). The van der Waals surface area contributed by atoms with Crippen LogP contribution in [0.4, 0.5) is 5.69 Å². The second-order valence-electron chi connectivity index (χ2n) is 6.02. The van der Waals surface area contributed by atoms with Crippen LogP contribution in [0.5, 0.6) is 0 Å². The Bertz CT molecular complexity index is 708. The van der Waals surface area contributed by atoms with Gasteiger partial charge in [-0.1, -0.05) is 41.9 Å². The summed E-state index contributed by atoms with van der Waals surface area (Å²) in [6.07, 6.45) is 3.41. The number of halogens is 1. The number of ketones is 1. The third-order valence-corrected chi connectivity index (χ3v) is 4.00. The molecule has 0 heterocycles. The molecule has 2 aromatic carbocycles. The van der Waals surface area contributed by atoms with Gasteiger partial charge in [-0.15, -0.1) is 0 Å². The van der Waals surface area contributed by atoms with Crippen LogP contribution in [0.2, 0.25) is 5.02 Å². The molecule has 0 saturated heterocycles. The third-order valence-electron chi connectivity index (χ3n) is 3.75. The SMILES string of the molecule is CN(C)CCN(C)c1cccc(C(=O)C=Cc2ccc(Cl)cc2)c1. The fourth-order valence-corrected chi connectivity index (χ4v) is 2.34. The van der Waals surface area contributed by atoms with E-state index in [1.165, 1.54) is 0 Å². The first kappa shape index (κ1) is 18.2. The first-order valence-corrected chi connectivity index (χ1v) is 8.27. The minimum Gasteiger partial charge on any atom is -0.373 e. The van der Waals surface area contributed by atoms with Crippen molar-refractivity contribution >= 4 is 29.1 Å². The standard InChI is InChI=1S/C20H23ClN2O/c1-22(2)13-14-23(3)19-6-4-5-17(15-19)20(24)12-9-16-7-10-18(21)11-8-16/h4-12,15H,13-14H2,1-3H3. The Balaban J connectivity index is 2.07. The normalized spacial score (nSPS) is 11.2. The Morgan fingerprint density at radius 3 is 2.42 bits per heavy atom. The van der Waals surface area contributed by atoms with Crippen LogP contribution in [-0.4, -0.2) is 44.9 Å². The molecule has 0 fully saturated rings. The summed E-state index contributed by atoms with van der Waals surface area (Å²) in [6.45, 7) is 1.87. The van der Waals surface area contributed by atoms with E-state index in [0.717, 1.165) is 24.3 Å². The first-order chi connectivity index (χ1) is 11.5. The number of benzene rings is 2. The van der Waals surface area contributed by atoms with Crippen LogP contribution in [0.1, 0.15) is 15.9 Å². The van der Waals surface area contributed by atoms with Gasteiger partial charge in [-0.2, -0.15) is 0 Å². The van der Waals surface area contributed by atoms with E-state index >= 15 is 0 Å². The number of likely N-dealkylation sites (N-methyl/N-ethyl adjacent to an activating group) is 2. The van der Waals surface area contributed by atoms with Crippen molar-refractivity contribution in [2.24, 2.45) is 0 Å². The van der Waals surface area contributed by atoms with Crippen molar-refractivity contribution in [1.29, 1.82) is 0 Å². The molecule has 0 radical (unpaired) electrons. The van der Waals surface area contributed by atoms with Crippen molar-refractivity contribution in [2.45, 2.75) is 0 Å². The van der Waals surface area contributed by atoms with Crippen LogP contribution in [-0.2, 0) is 0 Å². The van der Waals surface area contributed by atoms with E-state index in [-0.39, 0.29) is 5.78 Å². The zero-order chi connectivity index (χ0) is 17.5. The van der Waals surface area contributed by atoms with Gasteiger partial charge < -0.3 is 9.80 Å². The number of carbonyl (C=O) groups excluding carboxylic acids is 1. The molecule has 0 aliphatic carbocycles. The predicted molar refractivity (Wildman–Crippen MR) is 103 cm³/mol. The molecule has 0 bridgehead atoms.